The molecular weight excluding hydrogens is 370 g/mol. The van der Waals surface area contributed by atoms with Crippen molar-refractivity contribution in [2.24, 2.45) is 5.92 Å². The lowest BCUT2D eigenvalue weighted by Gasteiger charge is -2.31. The number of nitriles is 1. The van der Waals surface area contributed by atoms with E-state index >= 15 is 0 Å². The van der Waals surface area contributed by atoms with E-state index in [2.05, 4.69) is 15.9 Å². The third-order valence-corrected chi connectivity index (χ3v) is 5.89. The highest BCUT2D eigenvalue weighted by Gasteiger charge is 2.22. The van der Waals surface area contributed by atoms with E-state index in [1.807, 2.05) is 18.2 Å². The largest absolute Gasteiger partial charge is 0.497 e. The van der Waals surface area contributed by atoms with Crippen molar-refractivity contribution in [3.05, 3.63) is 23.8 Å². The molecule has 0 unspecified atom stereocenters. The highest BCUT2D eigenvalue weighted by atomic mass is 16.5. The molecule has 2 heterocycles. The number of rotatable bonds is 8. The van der Waals surface area contributed by atoms with Gasteiger partial charge in [-0.1, -0.05) is 0 Å². The average molecular weight is 404 g/mol. The van der Waals surface area contributed by atoms with Crippen LogP contribution in [0.15, 0.2) is 18.2 Å². The lowest BCUT2D eigenvalue weighted by atomic mass is 9.98. The fourth-order valence-electron chi connectivity index (χ4n) is 4.05. The van der Waals surface area contributed by atoms with Gasteiger partial charge in [0.2, 0.25) is 0 Å². The smallest absolute Gasteiger partial charge is 0.124 e. The minimum Gasteiger partial charge on any atom is -0.497 e. The zero-order chi connectivity index (χ0) is 20.6. The first-order valence-electron chi connectivity index (χ1n) is 10.6. The SMILES string of the molecule is COc1ccc(OC[C@H](O)CN2CCC(O)CC2)c(CN2CCC(C#N)CC2)c1. The van der Waals surface area contributed by atoms with Crippen LogP contribution in [-0.2, 0) is 6.54 Å². The van der Waals surface area contributed by atoms with Gasteiger partial charge in [0.15, 0.2) is 0 Å². The van der Waals surface area contributed by atoms with E-state index in [1.54, 1.807) is 7.11 Å². The number of likely N-dealkylation sites (tertiary alicyclic amines) is 2. The molecule has 2 N–H and O–H groups in total. The van der Waals surface area contributed by atoms with Crippen LogP contribution in [0.3, 0.4) is 0 Å². The van der Waals surface area contributed by atoms with Gasteiger partial charge in [-0.2, -0.15) is 5.26 Å². The Bertz CT molecular complexity index is 677. The van der Waals surface area contributed by atoms with Gasteiger partial charge < -0.3 is 24.6 Å². The summed E-state index contributed by atoms with van der Waals surface area (Å²) >= 11 is 0. The molecule has 2 saturated heterocycles. The summed E-state index contributed by atoms with van der Waals surface area (Å²) in [6.45, 7) is 4.95. The van der Waals surface area contributed by atoms with Gasteiger partial charge in [-0.3, -0.25) is 4.90 Å². The molecular formula is C22H33N3O4. The molecule has 0 aliphatic carbocycles. The molecule has 2 aliphatic rings. The molecule has 0 radical (unpaired) electrons. The molecule has 2 fully saturated rings. The van der Waals surface area contributed by atoms with E-state index in [9.17, 15) is 10.2 Å². The van der Waals surface area contributed by atoms with E-state index in [0.717, 1.165) is 75.5 Å². The second-order valence-corrected chi connectivity index (χ2v) is 8.15. The Balaban J connectivity index is 1.55. The van der Waals surface area contributed by atoms with Gasteiger partial charge in [0.05, 0.1) is 19.3 Å². The number of nitrogens with zero attached hydrogens (tertiary/aromatic N) is 3. The lowest BCUT2D eigenvalue weighted by Crippen LogP contribution is -2.41. The maximum absolute atomic E-state index is 10.4. The second-order valence-electron chi connectivity index (χ2n) is 8.15. The third-order valence-electron chi connectivity index (χ3n) is 5.89. The van der Waals surface area contributed by atoms with Gasteiger partial charge in [-0.05, 0) is 57.0 Å². The molecule has 7 heteroatoms. The minimum atomic E-state index is -0.577. The molecule has 2 aliphatic heterocycles. The predicted molar refractivity (Wildman–Crippen MR) is 110 cm³/mol. The van der Waals surface area contributed by atoms with Crippen LogP contribution in [0.1, 0.15) is 31.2 Å². The summed E-state index contributed by atoms with van der Waals surface area (Å²) in [5, 5.41) is 29.1. The van der Waals surface area contributed by atoms with Crippen LogP contribution in [-0.4, -0.2) is 78.7 Å². The van der Waals surface area contributed by atoms with E-state index in [1.165, 1.54) is 0 Å². The van der Waals surface area contributed by atoms with E-state index < -0.39 is 6.10 Å². The first-order valence-corrected chi connectivity index (χ1v) is 10.6. The number of β-amino-alcohol motifs (C(OH)–C–C–N with tert-alkyl or cyclic N) is 1. The van der Waals surface area contributed by atoms with Crippen LogP contribution < -0.4 is 9.47 Å². The molecule has 29 heavy (non-hydrogen) atoms. The van der Waals surface area contributed by atoms with Crippen LogP contribution in [0.25, 0.3) is 0 Å². The number of benzene rings is 1. The van der Waals surface area contributed by atoms with Crippen LogP contribution in [0, 0.1) is 17.2 Å². The Morgan fingerprint density at radius 2 is 1.83 bits per heavy atom. The third kappa shape index (κ3) is 6.58. The molecule has 3 rings (SSSR count). The number of hydrogen-bond donors (Lipinski definition) is 2. The summed E-state index contributed by atoms with van der Waals surface area (Å²) in [6.07, 6.45) is 2.54. The van der Waals surface area contributed by atoms with Gasteiger partial charge in [0.1, 0.15) is 24.2 Å². The summed E-state index contributed by atoms with van der Waals surface area (Å²) in [7, 11) is 1.65. The molecule has 0 saturated carbocycles. The summed E-state index contributed by atoms with van der Waals surface area (Å²) in [5.41, 5.74) is 1.04. The second kappa shape index (κ2) is 10.8. The Morgan fingerprint density at radius 1 is 1.14 bits per heavy atom. The molecule has 0 aromatic heterocycles. The zero-order valence-corrected chi connectivity index (χ0v) is 17.3. The number of methoxy groups -OCH3 is 1. The molecule has 7 nitrogen and oxygen atoms in total. The maximum atomic E-state index is 10.4. The minimum absolute atomic E-state index is 0.165. The number of hydrogen-bond acceptors (Lipinski definition) is 7. The average Bonchev–Trinajstić information content (AvgIpc) is 2.75. The first-order chi connectivity index (χ1) is 14.1. The first kappa shape index (κ1) is 21.8. The Kier molecular flexibility index (Phi) is 8.13. The molecule has 0 amide bonds. The van der Waals surface area contributed by atoms with Crippen molar-refractivity contribution in [2.75, 3.05) is 46.4 Å². The number of piperidine rings is 2. The zero-order valence-electron chi connectivity index (χ0n) is 17.3. The summed E-state index contributed by atoms with van der Waals surface area (Å²) in [4.78, 5) is 4.51. The quantitative estimate of drug-likeness (QED) is 0.682. The van der Waals surface area contributed by atoms with Gasteiger partial charge in [0, 0.05) is 37.7 Å². The maximum Gasteiger partial charge on any atom is 0.124 e. The van der Waals surface area contributed by atoms with Crippen LogP contribution in [0.5, 0.6) is 11.5 Å². The summed E-state index contributed by atoms with van der Waals surface area (Å²) in [6, 6.07) is 8.14. The van der Waals surface area contributed by atoms with Crippen LogP contribution in [0.2, 0.25) is 0 Å². The van der Waals surface area contributed by atoms with E-state index in [4.69, 9.17) is 14.7 Å². The Hall–Kier alpha value is -1.85. The highest BCUT2D eigenvalue weighted by molar-refractivity contribution is 5.40. The topological polar surface area (TPSA) is 89.2 Å². The molecule has 1 aromatic rings. The molecule has 0 bridgehead atoms. The van der Waals surface area contributed by atoms with Crippen molar-refractivity contribution >= 4 is 0 Å². The fourth-order valence-corrected chi connectivity index (χ4v) is 4.05. The normalized spacial score (nSPS) is 20.9. The van der Waals surface area contributed by atoms with Gasteiger partial charge in [0.25, 0.3) is 0 Å². The molecule has 160 valence electrons. The summed E-state index contributed by atoms with van der Waals surface area (Å²) < 4.78 is 11.4. The van der Waals surface area contributed by atoms with E-state index in [-0.39, 0.29) is 18.6 Å². The highest BCUT2D eigenvalue weighted by Crippen LogP contribution is 2.27. The fraction of sp³-hybridized carbons (Fsp3) is 0.682. The number of aliphatic hydroxyl groups excluding tert-OH is 2. The number of ether oxygens (including phenoxy) is 2. The van der Waals surface area contributed by atoms with Crippen molar-refractivity contribution in [3.8, 4) is 17.6 Å². The van der Waals surface area contributed by atoms with Crippen LogP contribution >= 0.6 is 0 Å². The van der Waals surface area contributed by atoms with Gasteiger partial charge in [-0.15, -0.1) is 0 Å². The van der Waals surface area contributed by atoms with Crippen molar-refractivity contribution in [1.29, 1.82) is 5.26 Å². The van der Waals surface area contributed by atoms with Crippen molar-refractivity contribution in [3.63, 3.8) is 0 Å². The lowest BCUT2D eigenvalue weighted by molar-refractivity contribution is 0.0334. The van der Waals surface area contributed by atoms with Crippen molar-refractivity contribution in [2.45, 2.75) is 44.4 Å². The van der Waals surface area contributed by atoms with E-state index in [0.29, 0.717) is 6.54 Å². The molecule has 1 aromatic carbocycles. The van der Waals surface area contributed by atoms with Gasteiger partial charge in [-0.25, -0.2) is 0 Å². The standard InChI is InChI=1S/C22H33N3O4/c1-28-21-2-3-22(18(12-21)14-24-8-4-17(13-23)5-9-24)29-16-20(27)15-25-10-6-19(26)7-11-25/h2-3,12,17,19-20,26-27H,4-11,14-16H2,1H3/t20-/m1/s1. The Labute approximate surface area is 173 Å². The monoisotopic (exact) mass is 403 g/mol. The van der Waals surface area contributed by atoms with Crippen molar-refractivity contribution < 1.29 is 19.7 Å². The van der Waals surface area contributed by atoms with Gasteiger partial charge >= 0.3 is 0 Å². The van der Waals surface area contributed by atoms with Crippen LogP contribution in [0.4, 0.5) is 0 Å². The molecule has 0 spiro atoms. The van der Waals surface area contributed by atoms with Crippen molar-refractivity contribution in [1.82, 2.24) is 9.80 Å². The summed E-state index contributed by atoms with van der Waals surface area (Å²) in [5.74, 6) is 1.71. The molecule has 1 atom stereocenters. The number of aliphatic hydroxyl groups is 2. The predicted octanol–water partition coefficient (Wildman–Crippen LogP) is 1.63. The Morgan fingerprint density at radius 3 is 2.48 bits per heavy atom.